The summed E-state index contributed by atoms with van der Waals surface area (Å²) in [4.78, 5) is 18.1. The van der Waals surface area contributed by atoms with Gasteiger partial charge in [0.2, 0.25) is 0 Å². The van der Waals surface area contributed by atoms with Gasteiger partial charge in [-0.05, 0) is 30.5 Å². The van der Waals surface area contributed by atoms with Crippen molar-refractivity contribution in [1.29, 1.82) is 0 Å². The Kier molecular flexibility index (Phi) is 3.99. The molecule has 0 atom stereocenters. The first kappa shape index (κ1) is 15.1. The third-order valence-corrected chi connectivity index (χ3v) is 4.54. The van der Waals surface area contributed by atoms with Gasteiger partial charge in [-0.1, -0.05) is 30.0 Å². The second kappa shape index (κ2) is 5.79. The molecular formula is C15H13F3N2OS. The van der Waals surface area contributed by atoms with Crippen molar-refractivity contribution in [3.63, 3.8) is 0 Å². The number of fused-ring (bicyclic) bond motifs is 1. The lowest BCUT2D eigenvalue weighted by Gasteiger charge is -2.13. The quantitative estimate of drug-likeness (QED) is 0.736. The lowest BCUT2D eigenvalue weighted by atomic mass is 10.1. The first-order chi connectivity index (χ1) is 10.5. The van der Waals surface area contributed by atoms with E-state index in [1.54, 1.807) is 4.90 Å². The molecule has 0 spiro atoms. The maximum absolute atomic E-state index is 13.0. The number of aliphatic imine (C=N–C) groups is 1. The number of hydrogen-bond donors (Lipinski definition) is 0. The van der Waals surface area contributed by atoms with E-state index in [2.05, 4.69) is 4.99 Å². The Bertz CT molecular complexity index is 667. The van der Waals surface area contributed by atoms with Gasteiger partial charge in [0.05, 0.1) is 5.56 Å². The molecule has 0 radical (unpaired) electrons. The number of alkyl halides is 3. The van der Waals surface area contributed by atoms with Crippen LogP contribution in [0.2, 0.25) is 0 Å². The van der Waals surface area contributed by atoms with Gasteiger partial charge in [-0.25, -0.2) is 4.99 Å². The number of carbonyl (C=O) groups is 1. The number of halogens is 3. The molecule has 7 heteroatoms. The summed E-state index contributed by atoms with van der Waals surface area (Å²) < 4.78 is 39.0. The second-order valence-electron chi connectivity index (χ2n) is 5.02. The highest BCUT2D eigenvalue weighted by Crippen LogP contribution is 2.34. The molecule has 0 N–H and O–H groups in total. The Balaban J connectivity index is 1.99. The number of amidine groups is 1. The predicted molar refractivity (Wildman–Crippen MR) is 80.3 cm³/mol. The molecule has 1 amide bonds. The van der Waals surface area contributed by atoms with Crippen LogP contribution < -0.4 is 0 Å². The number of hydrogen-bond acceptors (Lipinski definition) is 3. The summed E-state index contributed by atoms with van der Waals surface area (Å²) in [5.41, 5.74) is -0.725. The topological polar surface area (TPSA) is 32.7 Å². The Morgan fingerprint density at radius 2 is 2.00 bits per heavy atom. The van der Waals surface area contributed by atoms with Gasteiger partial charge in [0, 0.05) is 12.3 Å². The number of amides is 1. The molecule has 2 heterocycles. The summed E-state index contributed by atoms with van der Waals surface area (Å²) in [6, 6.07) is 5.20. The highest BCUT2D eigenvalue weighted by atomic mass is 32.2. The normalized spacial score (nSPS) is 20.9. The van der Waals surface area contributed by atoms with E-state index in [-0.39, 0.29) is 17.2 Å². The van der Waals surface area contributed by atoms with E-state index in [1.807, 2.05) is 0 Å². The Labute approximate surface area is 129 Å². The van der Waals surface area contributed by atoms with Crippen LogP contribution >= 0.6 is 11.8 Å². The molecule has 2 aliphatic heterocycles. The zero-order valence-corrected chi connectivity index (χ0v) is 12.4. The number of thioether (sulfide) groups is 1. The molecule has 2 aliphatic rings. The fourth-order valence-corrected chi connectivity index (χ4v) is 3.43. The smallest absolute Gasteiger partial charge is 0.286 e. The van der Waals surface area contributed by atoms with Crippen molar-refractivity contribution in [2.75, 3.05) is 12.3 Å². The standard InChI is InChI=1S/C15H13F3N2OS/c16-15(17,18)11-6-2-1-5-10(11)9-12-13(21)20-7-3-4-8-22-14(20)19-12/h1-2,5-6,9H,3-4,7-8H2/b12-9-. The van der Waals surface area contributed by atoms with Crippen molar-refractivity contribution >= 4 is 28.9 Å². The van der Waals surface area contributed by atoms with Gasteiger partial charge in [-0.15, -0.1) is 0 Å². The minimum atomic E-state index is -4.46. The van der Waals surface area contributed by atoms with E-state index < -0.39 is 11.7 Å². The van der Waals surface area contributed by atoms with E-state index in [9.17, 15) is 18.0 Å². The molecule has 0 saturated carbocycles. The largest absolute Gasteiger partial charge is 0.416 e. The molecule has 0 aliphatic carbocycles. The SMILES string of the molecule is O=C1/C(=C/c2ccccc2C(F)(F)F)N=C2SCCCCN12. The summed E-state index contributed by atoms with van der Waals surface area (Å²) in [7, 11) is 0. The van der Waals surface area contributed by atoms with Crippen LogP contribution in [0.1, 0.15) is 24.0 Å². The van der Waals surface area contributed by atoms with E-state index in [0.717, 1.165) is 24.7 Å². The molecule has 0 bridgehead atoms. The maximum Gasteiger partial charge on any atom is 0.416 e. The van der Waals surface area contributed by atoms with E-state index in [1.165, 1.54) is 36.0 Å². The number of nitrogens with zero attached hydrogens (tertiary/aromatic N) is 2. The van der Waals surface area contributed by atoms with E-state index >= 15 is 0 Å². The van der Waals surface area contributed by atoms with Crippen LogP contribution in [0, 0.1) is 0 Å². The molecular weight excluding hydrogens is 313 g/mol. The molecule has 1 fully saturated rings. The van der Waals surface area contributed by atoms with Gasteiger partial charge < -0.3 is 0 Å². The highest BCUT2D eigenvalue weighted by Gasteiger charge is 2.34. The summed E-state index contributed by atoms with van der Waals surface area (Å²) >= 11 is 1.47. The van der Waals surface area contributed by atoms with Crippen molar-refractivity contribution in [3.8, 4) is 0 Å². The average molecular weight is 326 g/mol. The average Bonchev–Trinajstić information content (AvgIpc) is 2.65. The summed E-state index contributed by atoms with van der Waals surface area (Å²) in [5.74, 6) is 0.552. The van der Waals surface area contributed by atoms with Crippen molar-refractivity contribution in [1.82, 2.24) is 4.90 Å². The lowest BCUT2D eigenvalue weighted by Crippen LogP contribution is -2.30. The lowest BCUT2D eigenvalue weighted by molar-refractivity contribution is -0.137. The van der Waals surface area contributed by atoms with Gasteiger partial charge in [0.1, 0.15) is 5.70 Å². The molecule has 3 nitrogen and oxygen atoms in total. The first-order valence-electron chi connectivity index (χ1n) is 6.88. The summed E-state index contributed by atoms with van der Waals surface area (Å²) in [6.07, 6.45) is -1.34. The summed E-state index contributed by atoms with van der Waals surface area (Å²) in [5, 5.41) is 0.596. The van der Waals surface area contributed by atoms with Crippen molar-refractivity contribution in [2.45, 2.75) is 19.0 Å². The third kappa shape index (κ3) is 2.90. The molecule has 116 valence electrons. The van der Waals surface area contributed by atoms with Gasteiger partial charge in [-0.2, -0.15) is 13.2 Å². The first-order valence-corrected chi connectivity index (χ1v) is 7.86. The van der Waals surface area contributed by atoms with Crippen LogP contribution in [0.15, 0.2) is 35.0 Å². The minimum Gasteiger partial charge on any atom is -0.286 e. The van der Waals surface area contributed by atoms with Gasteiger partial charge in [0.15, 0.2) is 5.17 Å². The van der Waals surface area contributed by atoms with Crippen LogP contribution in [-0.4, -0.2) is 28.3 Å². The van der Waals surface area contributed by atoms with Crippen LogP contribution in [-0.2, 0) is 11.0 Å². The molecule has 1 aromatic rings. The number of benzene rings is 1. The third-order valence-electron chi connectivity index (χ3n) is 3.48. The Morgan fingerprint density at radius 3 is 2.77 bits per heavy atom. The molecule has 1 aromatic carbocycles. The van der Waals surface area contributed by atoms with E-state index in [0.29, 0.717) is 11.7 Å². The molecule has 0 aromatic heterocycles. The van der Waals surface area contributed by atoms with Crippen molar-refractivity contribution in [2.24, 2.45) is 4.99 Å². The Hall–Kier alpha value is -1.76. The minimum absolute atomic E-state index is 0.0367. The monoisotopic (exact) mass is 326 g/mol. The molecule has 22 heavy (non-hydrogen) atoms. The van der Waals surface area contributed by atoms with Crippen LogP contribution in [0.4, 0.5) is 13.2 Å². The van der Waals surface area contributed by atoms with Gasteiger partial charge >= 0.3 is 6.18 Å². The summed E-state index contributed by atoms with van der Waals surface area (Å²) in [6.45, 7) is 0.572. The zero-order valence-electron chi connectivity index (χ0n) is 11.6. The van der Waals surface area contributed by atoms with Gasteiger partial charge in [0.25, 0.3) is 5.91 Å². The highest BCUT2D eigenvalue weighted by molar-refractivity contribution is 8.13. The second-order valence-corrected chi connectivity index (χ2v) is 6.08. The number of rotatable bonds is 1. The van der Waals surface area contributed by atoms with Crippen LogP contribution in [0.3, 0.4) is 0 Å². The Morgan fingerprint density at radius 1 is 1.23 bits per heavy atom. The van der Waals surface area contributed by atoms with Crippen LogP contribution in [0.25, 0.3) is 6.08 Å². The molecule has 3 rings (SSSR count). The molecule has 0 unspecified atom stereocenters. The maximum atomic E-state index is 13.0. The number of carbonyl (C=O) groups excluding carboxylic acids is 1. The van der Waals surface area contributed by atoms with Gasteiger partial charge in [-0.3, -0.25) is 9.69 Å². The predicted octanol–water partition coefficient (Wildman–Crippen LogP) is 3.77. The zero-order chi connectivity index (χ0) is 15.7. The fourth-order valence-electron chi connectivity index (χ4n) is 2.40. The molecule has 1 saturated heterocycles. The van der Waals surface area contributed by atoms with Crippen molar-refractivity contribution < 1.29 is 18.0 Å². The fraction of sp³-hybridized carbons (Fsp3) is 0.333. The van der Waals surface area contributed by atoms with Crippen molar-refractivity contribution in [3.05, 3.63) is 41.1 Å². The van der Waals surface area contributed by atoms with Crippen LogP contribution in [0.5, 0.6) is 0 Å². The van der Waals surface area contributed by atoms with E-state index in [4.69, 9.17) is 0 Å².